The molecule has 2 aromatic carbocycles. The lowest BCUT2D eigenvalue weighted by atomic mass is 10.1. The molecule has 0 aliphatic rings. The third-order valence-corrected chi connectivity index (χ3v) is 4.61. The lowest BCUT2D eigenvalue weighted by Gasteiger charge is -2.05. The summed E-state index contributed by atoms with van der Waals surface area (Å²) in [4.78, 5) is 21.7. The number of carbonyl (C=O) groups excluding carboxylic acids is 1. The van der Waals surface area contributed by atoms with Gasteiger partial charge in [0.25, 0.3) is 5.69 Å². The molecule has 0 atom stereocenters. The second kappa shape index (κ2) is 12.2. The lowest BCUT2D eigenvalue weighted by Crippen LogP contribution is -2.06. The standard InChI is InChI=1S/C23H28N4O4/c1-17(2)23(28)31-15-7-5-4-6-8-18-9-11-19(12-10-18)25-26-21-14-13-20(27(29)30)16-22(21)24-3/h9-14,16,24H,1,4-8,15H2,2-3H3. The molecule has 0 spiro atoms. The maximum absolute atomic E-state index is 11.3. The van der Waals surface area contributed by atoms with Gasteiger partial charge in [-0.2, -0.15) is 5.11 Å². The van der Waals surface area contributed by atoms with E-state index in [1.54, 1.807) is 20.0 Å². The number of non-ortho nitro benzene ring substituents is 1. The highest BCUT2D eigenvalue weighted by atomic mass is 16.6. The number of nitrogens with zero attached hydrogens (tertiary/aromatic N) is 3. The number of unbranched alkanes of at least 4 members (excludes halogenated alkanes) is 3. The van der Waals surface area contributed by atoms with Gasteiger partial charge in [0.1, 0.15) is 5.69 Å². The first-order chi connectivity index (χ1) is 14.9. The monoisotopic (exact) mass is 424 g/mol. The molecule has 0 aliphatic carbocycles. The summed E-state index contributed by atoms with van der Waals surface area (Å²) >= 11 is 0. The number of azo groups is 1. The van der Waals surface area contributed by atoms with Gasteiger partial charge in [0.05, 0.1) is 22.9 Å². The van der Waals surface area contributed by atoms with Crippen molar-refractivity contribution in [2.45, 2.75) is 39.0 Å². The molecule has 1 N–H and O–H groups in total. The van der Waals surface area contributed by atoms with Crippen LogP contribution >= 0.6 is 0 Å². The summed E-state index contributed by atoms with van der Waals surface area (Å²) < 4.78 is 5.08. The second-order valence-corrected chi connectivity index (χ2v) is 7.16. The number of anilines is 1. The summed E-state index contributed by atoms with van der Waals surface area (Å²) in [6, 6.07) is 12.3. The molecule has 0 fully saturated rings. The maximum atomic E-state index is 11.3. The van der Waals surface area contributed by atoms with E-state index < -0.39 is 4.92 Å². The van der Waals surface area contributed by atoms with Gasteiger partial charge in [0, 0.05) is 24.8 Å². The predicted molar refractivity (Wildman–Crippen MR) is 121 cm³/mol. The topological polar surface area (TPSA) is 106 Å². The number of hydrogen-bond acceptors (Lipinski definition) is 7. The van der Waals surface area contributed by atoms with Crippen LogP contribution in [0.1, 0.15) is 38.2 Å². The molecule has 164 valence electrons. The van der Waals surface area contributed by atoms with Crippen molar-refractivity contribution in [1.82, 2.24) is 0 Å². The molecule has 0 saturated heterocycles. The minimum atomic E-state index is -0.445. The van der Waals surface area contributed by atoms with Gasteiger partial charge < -0.3 is 10.1 Å². The summed E-state index contributed by atoms with van der Waals surface area (Å²) in [5, 5.41) is 22.2. The number of aryl methyl sites for hydroxylation is 1. The number of nitro benzene ring substituents is 1. The van der Waals surface area contributed by atoms with E-state index >= 15 is 0 Å². The quantitative estimate of drug-likeness (QED) is 0.108. The fraction of sp³-hybridized carbons (Fsp3) is 0.348. The number of ether oxygens (including phenoxy) is 1. The summed E-state index contributed by atoms with van der Waals surface area (Å²) in [5.41, 5.74) is 3.44. The average Bonchev–Trinajstić information content (AvgIpc) is 2.77. The first-order valence-corrected chi connectivity index (χ1v) is 10.2. The first-order valence-electron chi connectivity index (χ1n) is 10.2. The van der Waals surface area contributed by atoms with Crippen molar-refractivity contribution in [2.75, 3.05) is 19.0 Å². The molecule has 8 heteroatoms. The van der Waals surface area contributed by atoms with Gasteiger partial charge in [0.15, 0.2) is 0 Å². The van der Waals surface area contributed by atoms with E-state index in [4.69, 9.17) is 4.74 Å². The van der Waals surface area contributed by atoms with E-state index in [1.165, 1.54) is 17.7 Å². The summed E-state index contributed by atoms with van der Waals surface area (Å²) in [6.45, 7) is 5.64. The predicted octanol–water partition coefficient (Wildman–Crippen LogP) is 6.27. The first kappa shape index (κ1) is 23.7. The van der Waals surface area contributed by atoms with Crippen LogP contribution in [-0.4, -0.2) is 24.5 Å². The van der Waals surface area contributed by atoms with Crippen LogP contribution in [0.15, 0.2) is 64.8 Å². The van der Waals surface area contributed by atoms with Crippen LogP contribution in [-0.2, 0) is 16.0 Å². The fourth-order valence-corrected chi connectivity index (χ4v) is 2.84. The molecule has 2 rings (SSSR count). The summed E-state index contributed by atoms with van der Waals surface area (Å²) in [5.74, 6) is -0.326. The van der Waals surface area contributed by atoms with Crippen molar-refractivity contribution in [3.05, 3.63) is 70.3 Å². The molecule has 8 nitrogen and oxygen atoms in total. The molecule has 0 heterocycles. The van der Waals surface area contributed by atoms with Crippen molar-refractivity contribution >= 4 is 28.7 Å². The van der Waals surface area contributed by atoms with Gasteiger partial charge >= 0.3 is 5.97 Å². The smallest absolute Gasteiger partial charge is 0.333 e. The van der Waals surface area contributed by atoms with E-state index in [9.17, 15) is 14.9 Å². The molecule has 0 unspecified atom stereocenters. The number of esters is 1. The zero-order valence-electron chi connectivity index (χ0n) is 18.0. The Morgan fingerprint density at radius 3 is 2.45 bits per heavy atom. The Labute approximate surface area is 182 Å². The molecule has 2 aromatic rings. The number of nitro groups is 1. The minimum absolute atomic E-state index is 0.000489. The van der Waals surface area contributed by atoms with E-state index in [0.717, 1.165) is 32.1 Å². The van der Waals surface area contributed by atoms with Crippen LogP contribution in [0.25, 0.3) is 0 Å². The number of benzene rings is 2. The molecule has 0 radical (unpaired) electrons. The number of carbonyl (C=O) groups is 1. The van der Waals surface area contributed by atoms with Crippen LogP contribution in [0.4, 0.5) is 22.7 Å². The number of rotatable bonds is 12. The largest absolute Gasteiger partial charge is 0.462 e. The average molecular weight is 425 g/mol. The fourth-order valence-electron chi connectivity index (χ4n) is 2.84. The molecule has 0 aromatic heterocycles. The highest BCUT2D eigenvalue weighted by molar-refractivity contribution is 5.86. The van der Waals surface area contributed by atoms with Crippen molar-refractivity contribution in [3.8, 4) is 0 Å². The Balaban J connectivity index is 1.77. The van der Waals surface area contributed by atoms with Crippen LogP contribution in [0, 0.1) is 10.1 Å². The van der Waals surface area contributed by atoms with E-state index in [0.29, 0.717) is 29.2 Å². The van der Waals surface area contributed by atoms with Crippen LogP contribution in [0.3, 0.4) is 0 Å². The maximum Gasteiger partial charge on any atom is 0.333 e. The zero-order chi connectivity index (χ0) is 22.6. The molecular weight excluding hydrogens is 396 g/mol. The minimum Gasteiger partial charge on any atom is -0.462 e. The van der Waals surface area contributed by atoms with Crippen LogP contribution in [0.2, 0.25) is 0 Å². The SMILES string of the molecule is C=C(C)C(=O)OCCCCCCc1ccc(N=Nc2ccc([N+](=O)[O-])cc2NC)cc1. The van der Waals surface area contributed by atoms with Crippen molar-refractivity contribution in [2.24, 2.45) is 10.2 Å². The van der Waals surface area contributed by atoms with Gasteiger partial charge in [0.2, 0.25) is 0 Å². The van der Waals surface area contributed by atoms with Crippen LogP contribution < -0.4 is 5.32 Å². The van der Waals surface area contributed by atoms with Gasteiger partial charge in [-0.3, -0.25) is 10.1 Å². The van der Waals surface area contributed by atoms with Gasteiger partial charge in [-0.05, 0) is 49.9 Å². The van der Waals surface area contributed by atoms with Crippen molar-refractivity contribution < 1.29 is 14.5 Å². The lowest BCUT2D eigenvalue weighted by molar-refractivity contribution is -0.384. The molecule has 0 bridgehead atoms. The Morgan fingerprint density at radius 2 is 1.81 bits per heavy atom. The third kappa shape index (κ3) is 8.00. The molecule has 0 amide bonds. The molecule has 0 saturated carbocycles. The van der Waals surface area contributed by atoms with E-state index in [1.807, 2.05) is 24.3 Å². The Hall–Kier alpha value is -3.55. The highest BCUT2D eigenvalue weighted by Crippen LogP contribution is 2.30. The summed E-state index contributed by atoms with van der Waals surface area (Å²) in [7, 11) is 1.68. The van der Waals surface area contributed by atoms with E-state index in [2.05, 4.69) is 22.1 Å². The highest BCUT2D eigenvalue weighted by Gasteiger charge is 2.09. The Morgan fingerprint density at radius 1 is 1.10 bits per heavy atom. The second-order valence-electron chi connectivity index (χ2n) is 7.16. The summed E-state index contributed by atoms with van der Waals surface area (Å²) in [6.07, 6.45) is 4.96. The van der Waals surface area contributed by atoms with Crippen molar-refractivity contribution in [1.29, 1.82) is 0 Å². The Kier molecular flexibility index (Phi) is 9.35. The van der Waals surface area contributed by atoms with Crippen molar-refractivity contribution in [3.63, 3.8) is 0 Å². The molecule has 31 heavy (non-hydrogen) atoms. The number of hydrogen-bond donors (Lipinski definition) is 1. The normalized spacial score (nSPS) is 10.8. The van der Waals surface area contributed by atoms with E-state index in [-0.39, 0.29) is 11.7 Å². The Bertz CT molecular complexity index is 939. The molecule has 0 aliphatic heterocycles. The third-order valence-electron chi connectivity index (χ3n) is 4.61. The number of nitrogens with one attached hydrogen (secondary N) is 1. The van der Waals surface area contributed by atoms with Gasteiger partial charge in [-0.15, -0.1) is 5.11 Å². The zero-order valence-corrected chi connectivity index (χ0v) is 18.0. The van der Waals surface area contributed by atoms with Gasteiger partial charge in [-0.25, -0.2) is 4.79 Å². The molecular formula is C23H28N4O4. The van der Waals surface area contributed by atoms with Crippen LogP contribution in [0.5, 0.6) is 0 Å². The van der Waals surface area contributed by atoms with Gasteiger partial charge in [-0.1, -0.05) is 31.6 Å².